The lowest BCUT2D eigenvalue weighted by Gasteiger charge is -2.54. The fraction of sp³-hybridized carbons (Fsp3) is 0.571. The Balaban J connectivity index is 2.23. The number of carbonyl (C=O) groups is 2. The van der Waals surface area contributed by atoms with Crippen LogP contribution in [0.4, 0.5) is 0 Å². The summed E-state index contributed by atoms with van der Waals surface area (Å²) in [4.78, 5) is 24.6. The molecule has 4 rings (SSSR count). The third-order valence-corrected chi connectivity index (χ3v) is 4.71. The minimum atomic E-state index is -1.04. The summed E-state index contributed by atoms with van der Waals surface area (Å²) in [6.07, 6.45) is 7.41. The van der Waals surface area contributed by atoms with E-state index in [-0.39, 0.29) is 29.3 Å². The van der Waals surface area contributed by atoms with Crippen LogP contribution in [0.2, 0.25) is 0 Å². The second-order valence-corrected chi connectivity index (χ2v) is 5.75. The molecule has 0 aromatic heterocycles. The topological polar surface area (TPSA) is 43.4 Å². The lowest BCUT2D eigenvalue weighted by Crippen LogP contribution is -2.65. The number of fused-ring (bicyclic) bond motifs is 1. The Labute approximate surface area is 101 Å². The Morgan fingerprint density at radius 3 is 2.59 bits per heavy atom. The van der Waals surface area contributed by atoms with Crippen molar-refractivity contribution in [2.45, 2.75) is 19.4 Å². The number of hydrogen-bond donors (Lipinski definition) is 0. The van der Waals surface area contributed by atoms with Gasteiger partial charge >= 0.3 is 0 Å². The maximum Gasteiger partial charge on any atom is 0.175 e. The van der Waals surface area contributed by atoms with E-state index in [2.05, 4.69) is 6.08 Å². The second-order valence-electron chi connectivity index (χ2n) is 5.75. The SMILES string of the molecule is CO[C@]12C=C[C@H]([C@@H]3C=CC(=O)[C@@H]31)C(C)(C)C2=O. The molecule has 3 heteroatoms. The summed E-state index contributed by atoms with van der Waals surface area (Å²) in [6, 6.07) is 0. The van der Waals surface area contributed by atoms with Crippen LogP contribution in [0.25, 0.3) is 0 Å². The Hall–Kier alpha value is -1.22. The molecule has 17 heavy (non-hydrogen) atoms. The van der Waals surface area contributed by atoms with Crippen LogP contribution in [-0.4, -0.2) is 24.3 Å². The van der Waals surface area contributed by atoms with E-state index in [1.165, 1.54) is 7.11 Å². The van der Waals surface area contributed by atoms with Crippen molar-refractivity contribution in [1.29, 1.82) is 0 Å². The van der Waals surface area contributed by atoms with Gasteiger partial charge in [-0.05, 0) is 24.0 Å². The van der Waals surface area contributed by atoms with E-state index >= 15 is 0 Å². The van der Waals surface area contributed by atoms with Crippen LogP contribution in [-0.2, 0) is 14.3 Å². The number of allylic oxidation sites excluding steroid dienone is 3. The fourth-order valence-electron chi connectivity index (χ4n) is 3.79. The van der Waals surface area contributed by atoms with Crippen molar-refractivity contribution in [3.8, 4) is 0 Å². The summed E-state index contributed by atoms with van der Waals surface area (Å²) in [7, 11) is 1.52. The Kier molecular flexibility index (Phi) is 1.90. The van der Waals surface area contributed by atoms with Gasteiger partial charge in [0.05, 0.1) is 5.92 Å². The predicted molar refractivity (Wildman–Crippen MR) is 62.3 cm³/mol. The zero-order valence-electron chi connectivity index (χ0n) is 10.3. The molecule has 0 N–H and O–H groups in total. The minimum Gasteiger partial charge on any atom is -0.365 e. The fourth-order valence-corrected chi connectivity index (χ4v) is 3.79. The molecule has 90 valence electrons. The first-order chi connectivity index (χ1) is 7.95. The zero-order chi connectivity index (χ0) is 12.4. The van der Waals surface area contributed by atoms with Gasteiger partial charge in [-0.15, -0.1) is 0 Å². The van der Waals surface area contributed by atoms with Crippen LogP contribution >= 0.6 is 0 Å². The lowest BCUT2D eigenvalue weighted by atomic mass is 9.50. The van der Waals surface area contributed by atoms with Gasteiger partial charge < -0.3 is 4.74 Å². The number of rotatable bonds is 1. The zero-order valence-corrected chi connectivity index (χ0v) is 10.3. The van der Waals surface area contributed by atoms with E-state index < -0.39 is 11.0 Å². The van der Waals surface area contributed by atoms with E-state index in [0.717, 1.165) is 0 Å². The van der Waals surface area contributed by atoms with Crippen molar-refractivity contribution in [3.05, 3.63) is 24.3 Å². The quantitative estimate of drug-likeness (QED) is 0.644. The Bertz CT molecular complexity index is 472. The highest BCUT2D eigenvalue weighted by Crippen LogP contribution is 2.57. The average Bonchev–Trinajstić information content (AvgIpc) is 2.69. The number of hydrogen-bond acceptors (Lipinski definition) is 3. The molecule has 0 radical (unpaired) electrons. The largest absolute Gasteiger partial charge is 0.365 e. The van der Waals surface area contributed by atoms with E-state index in [4.69, 9.17) is 4.74 Å². The molecule has 0 spiro atoms. The van der Waals surface area contributed by atoms with Gasteiger partial charge in [0.1, 0.15) is 0 Å². The summed E-state index contributed by atoms with van der Waals surface area (Å²) >= 11 is 0. The van der Waals surface area contributed by atoms with Crippen LogP contribution in [0, 0.1) is 23.2 Å². The molecular weight excluding hydrogens is 216 g/mol. The summed E-state index contributed by atoms with van der Waals surface area (Å²) in [6.45, 7) is 3.90. The maximum atomic E-state index is 12.6. The molecule has 3 nitrogen and oxygen atoms in total. The van der Waals surface area contributed by atoms with Crippen molar-refractivity contribution in [1.82, 2.24) is 0 Å². The highest BCUT2D eigenvalue weighted by molar-refractivity contribution is 6.07. The molecule has 0 aromatic rings. The summed E-state index contributed by atoms with van der Waals surface area (Å²) < 4.78 is 5.50. The third-order valence-electron chi connectivity index (χ3n) is 4.71. The molecule has 1 fully saturated rings. The highest BCUT2D eigenvalue weighted by atomic mass is 16.5. The average molecular weight is 232 g/mol. The standard InChI is InChI=1S/C14H16O3/c1-13(2)9-6-7-14(17-3,12(13)16)11-8(9)4-5-10(11)15/h4-9,11H,1-3H3/t8-,9+,11+,14+/m0/s1. The minimum absolute atomic E-state index is 0.0232. The maximum absolute atomic E-state index is 12.6. The molecular formula is C14H16O3. The number of ether oxygens (including phenoxy) is 1. The van der Waals surface area contributed by atoms with Crippen molar-refractivity contribution in [2.24, 2.45) is 23.2 Å². The molecule has 0 heterocycles. The lowest BCUT2D eigenvalue weighted by molar-refractivity contribution is -0.171. The molecule has 0 unspecified atom stereocenters. The summed E-state index contributed by atoms with van der Waals surface area (Å²) in [5, 5.41) is 0. The molecule has 4 atom stereocenters. The molecule has 0 aromatic carbocycles. The van der Waals surface area contributed by atoms with Crippen molar-refractivity contribution in [2.75, 3.05) is 7.11 Å². The van der Waals surface area contributed by atoms with E-state index in [1.807, 2.05) is 19.9 Å². The van der Waals surface area contributed by atoms with E-state index in [9.17, 15) is 9.59 Å². The molecule has 2 bridgehead atoms. The summed E-state index contributed by atoms with van der Waals surface area (Å²) in [5.41, 5.74) is -1.50. The van der Waals surface area contributed by atoms with Gasteiger partial charge in [-0.3, -0.25) is 9.59 Å². The normalized spacial score (nSPS) is 45.5. The molecule has 0 amide bonds. The summed E-state index contributed by atoms with van der Waals surface area (Å²) in [5.74, 6) is -0.0590. The molecule has 0 saturated heterocycles. The van der Waals surface area contributed by atoms with Gasteiger partial charge in [0, 0.05) is 12.5 Å². The smallest absolute Gasteiger partial charge is 0.175 e. The van der Waals surface area contributed by atoms with Gasteiger partial charge in [-0.2, -0.15) is 0 Å². The van der Waals surface area contributed by atoms with E-state index in [1.54, 1.807) is 12.2 Å². The first kappa shape index (κ1) is 10.9. The number of Topliss-reactive ketones (excluding diaryl/α,β-unsaturated/α-hetero) is 1. The molecule has 1 saturated carbocycles. The van der Waals surface area contributed by atoms with Gasteiger partial charge in [0.2, 0.25) is 0 Å². The van der Waals surface area contributed by atoms with Crippen LogP contribution in [0.5, 0.6) is 0 Å². The van der Waals surface area contributed by atoms with E-state index in [0.29, 0.717) is 0 Å². The highest BCUT2D eigenvalue weighted by Gasteiger charge is 2.66. The van der Waals surface area contributed by atoms with Crippen molar-refractivity contribution >= 4 is 11.6 Å². The third kappa shape index (κ3) is 1.01. The first-order valence-electron chi connectivity index (χ1n) is 5.96. The molecule has 0 aliphatic heterocycles. The van der Waals surface area contributed by atoms with Gasteiger partial charge in [0.25, 0.3) is 0 Å². The monoisotopic (exact) mass is 232 g/mol. The van der Waals surface area contributed by atoms with Crippen molar-refractivity contribution < 1.29 is 14.3 Å². The van der Waals surface area contributed by atoms with Crippen LogP contribution in [0.1, 0.15) is 13.8 Å². The predicted octanol–water partition coefficient (Wildman–Crippen LogP) is 1.54. The molecule has 4 aliphatic carbocycles. The van der Waals surface area contributed by atoms with Gasteiger partial charge in [0.15, 0.2) is 17.2 Å². The number of carbonyl (C=O) groups excluding carboxylic acids is 2. The second kappa shape index (κ2) is 2.96. The Morgan fingerprint density at radius 2 is 1.94 bits per heavy atom. The van der Waals surface area contributed by atoms with Gasteiger partial charge in [-0.25, -0.2) is 0 Å². The first-order valence-corrected chi connectivity index (χ1v) is 5.96. The molecule has 4 aliphatic rings. The van der Waals surface area contributed by atoms with Gasteiger partial charge in [-0.1, -0.05) is 26.0 Å². The van der Waals surface area contributed by atoms with Crippen LogP contribution < -0.4 is 0 Å². The van der Waals surface area contributed by atoms with Crippen molar-refractivity contribution in [3.63, 3.8) is 0 Å². The van der Waals surface area contributed by atoms with Crippen LogP contribution in [0.15, 0.2) is 24.3 Å². The Morgan fingerprint density at radius 1 is 1.24 bits per heavy atom. The number of methoxy groups -OCH3 is 1. The van der Waals surface area contributed by atoms with Crippen LogP contribution in [0.3, 0.4) is 0 Å². The number of ketones is 2.